The smallest absolute Gasteiger partial charge is 0.268 e. The van der Waals surface area contributed by atoms with E-state index in [0.29, 0.717) is 23.6 Å². The fraction of sp³-hybridized carbons (Fsp3) is 0.172. The van der Waals surface area contributed by atoms with Gasteiger partial charge in [-0.3, -0.25) is 0 Å². The summed E-state index contributed by atoms with van der Waals surface area (Å²) in [7, 11) is -2.20. The van der Waals surface area contributed by atoms with Crippen molar-refractivity contribution in [1.82, 2.24) is 3.97 Å². The summed E-state index contributed by atoms with van der Waals surface area (Å²) in [5.41, 5.74) is 2.70. The molecule has 1 heterocycles. The monoisotopic (exact) mass is 485 g/mol. The van der Waals surface area contributed by atoms with E-state index in [1.165, 1.54) is 14.7 Å². The number of hydrogen-bond acceptors (Lipinski definition) is 4. The van der Waals surface area contributed by atoms with Crippen LogP contribution in [0.25, 0.3) is 21.7 Å². The molecular weight excluding hydrogens is 458 g/mol. The van der Waals surface area contributed by atoms with Gasteiger partial charge in [0.15, 0.2) is 0 Å². The first kappa shape index (κ1) is 23.0. The number of aryl methyl sites for hydroxylation is 1. The highest BCUT2D eigenvalue weighted by atomic mass is 32.2. The zero-order valence-corrected chi connectivity index (χ0v) is 20.6. The maximum Gasteiger partial charge on any atom is 0.268 e. The summed E-state index contributed by atoms with van der Waals surface area (Å²) in [5.74, 6) is 1.32. The van der Waals surface area contributed by atoms with Crippen molar-refractivity contribution in [3.63, 3.8) is 0 Å². The molecule has 0 spiro atoms. The molecule has 0 N–H and O–H groups in total. The van der Waals surface area contributed by atoms with Crippen molar-refractivity contribution in [3.05, 3.63) is 102 Å². The number of fused-ring (bicyclic) bond motifs is 2. The maximum atomic E-state index is 13.5. The van der Waals surface area contributed by atoms with Gasteiger partial charge in [-0.2, -0.15) is 0 Å². The van der Waals surface area contributed by atoms with Gasteiger partial charge in [-0.15, -0.1) is 0 Å². The highest BCUT2D eigenvalue weighted by molar-refractivity contribution is 7.90. The zero-order valence-electron chi connectivity index (χ0n) is 19.8. The molecule has 35 heavy (non-hydrogen) atoms. The summed E-state index contributed by atoms with van der Waals surface area (Å²) in [5, 5.41) is 3.26. The fourth-order valence-corrected chi connectivity index (χ4v) is 5.75. The van der Waals surface area contributed by atoms with Gasteiger partial charge >= 0.3 is 0 Å². The van der Waals surface area contributed by atoms with Crippen molar-refractivity contribution in [2.24, 2.45) is 0 Å². The summed E-state index contributed by atoms with van der Waals surface area (Å²) in [6, 6.07) is 26.6. The molecule has 4 aromatic carbocycles. The molecule has 5 rings (SSSR count). The Morgan fingerprint density at radius 1 is 0.829 bits per heavy atom. The van der Waals surface area contributed by atoms with E-state index in [4.69, 9.17) is 9.47 Å². The molecule has 1 aromatic heterocycles. The molecule has 5 nitrogen and oxygen atoms in total. The summed E-state index contributed by atoms with van der Waals surface area (Å²) < 4.78 is 39.6. The molecule has 0 amide bonds. The molecular formula is C29H27NO4S. The predicted molar refractivity (Wildman–Crippen MR) is 140 cm³/mol. The van der Waals surface area contributed by atoms with E-state index in [0.717, 1.165) is 29.4 Å². The second-order valence-corrected chi connectivity index (χ2v) is 10.3. The lowest BCUT2D eigenvalue weighted by molar-refractivity contribution is 0.307. The number of methoxy groups -OCH3 is 1. The molecule has 5 aromatic rings. The van der Waals surface area contributed by atoms with Crippen LogP contribution in [0.4, 0.5) is 0 Å². The van der Waals surface area contributed by atoms with Gasteiger partial charge in [0.25, 0.3) is 10.0 Å². The number of nitrogens with zero attached hydrogens (tertiary/aromatic N) is 1. The molecule has 178 valence electrons. The summed E-state index contributed by atoms with van der Waals surface area (Å²) in [4.78, 5) is 0.217. The van der Waals surface area contributed by atoms with Gasteiger partial charge < -0.3 is 9.47 Å². The molecule has 0 saturated heterocycles. The van der Waals surface area contributed by atoms with Crippen molar-refractivity contribution in [3.8, 4) is 11.5 Å². The normalized spacial score (nSPS) is 11.7. The standard InChI is InChI=1S/C29H27NO4S/c1-3-6-24-19-30(35(31,32)27-14-11-25(33-2)12-15-27)29-16-13-26(18-28(24)29)34-20-21-9-10-22-7-4-5-8-23(22)17-21/h4-5,7-19H,3,6,20H2,1-2H3. The molecule has 0 aliphatic heterocycles. The number of ether oxygens (including phenoxy) is 2. The molecule has 6 heteroatoms. The highest BCUT2D eigenvalue weighted by Gasteiger charge is 2.21. The van der Waals surface area contributed by atoms with E-state index >= 15 is 0 Å². The molecule has 0 bridgehead atoms. The maximum absolute atomic E-state index is 13.5. The van der Waals surface area contributed by atoms with Gasteiger partial charge in [0.05, 0.1) is 17.5 Å². The lowest BCUT2D eigenvalue weighted by atomic mass is 10.1. The van der Waals surface area contributed by atoms with Gasteiger partial charge in [0.2, 0.25) is 0 Å². The van der Waals surface area contributed by atoms with Crippen molar-refractivity contribution in [2.45, 2.75) is 31.3 Å². The molecule has 0 aliphatic rings. The van der Waals surface area contributed by atoms with E-state index in [1.54, 1.807) is 37.6 Å². The number of aromatic nitrogens is 1. The van der Waals surface area contributed by atoms with E-state index in [9.17, 15) is 8.42 Å². The average molecular weight is 486 g/mol. The van der Waals surface area contributed by atoms with Crippen LogP contribution in [0.1, 0.15) is 24.5 Å². The van der Waals surface area contributed by atoms with Gasteiger partial charge in [-0.1, -0.05) is 49.7 Å². The molecule has 0 unspecified atom stereocenters. The Hall–Kier alpha value is -3.77. The Labute approximate surface area is 205 Å². The van der Waals surface area contributed by atoms with E-state index in [2.05, 4.69) is 37.3 Å². The zero-order chi connectivity index (χ0) is 24.4. The summed E-state index contributed by atoms with van der Waals surface area (Å²) >= 11 is 0. The van der Waals surface area contributed by atoms with Gasteiger partial charge in [-0.25, -0.2) is 12.4 Å². The van der Waals surface area contributed by atoms with Crippen molar-refractivity contribution < 1.29 is 17.9 Å². The first-order chi connectivity index (χ1) is 17.0. The number of benzene rings is 4. The number of rotatable bonds is 8. The Kier molecular flexibility index (Phi) is 6.22. The molecule has 0 atom stereocenters. The van der Waals surface area contributed by atoms with Crippen molar-refractivity contribution >= 4 is 31.7 Å². The minimum Gasteiger partial charge on any atom is -0.497 e. The lowest BCUT2D eigenvalue weighted by Crippen LogP contribution is -2.11. The third-order valence-electron chi connectivity index (χ3n) is 6.18. The third-order valence-corrected chi connectivity index (χ3v) is 7.87. The molecule has 0 radical (unpaired) electrons. The highest BCUT2D eigenvalue weighted by Crippen LogP contribution is 2.31. The first-order valence-electron chi connectivity index (χ1n) is 11.6. The Balaban J connectivity index is 1.47. The predicted octanol–water partition coefficient (Wildman–Crippen LogP) is 6.57. The van der Waals surface area contributed by atoms with Crippen LogP contribution in [-0.2, 0) is 23.1 Å². The van der Waals surface area contributed by atoms with Gasteiger partial charge in [0, 0.05) is 11.6 Å². The van der Waals surface area contributed by atoms with E-state index in [-0.39, 0.29) is 4.90 Å². The number of hydrogen-bond donors (Lipinski definition) is 0. The fourth-order valence-electron chi connectivity index (χ4n) is 4.36. The minimum atomic E-state index is -3.76. The summed E-state index contributed by atoms with van der Waals surface area (Å²) in [6.45, 7) is 2.52. The second-order valence-electron chi connectivity index (χ2n) is 8.53. The van der Waals surface area contributed by atoms with Crippen LogP contribution in [0.5, 0.6) is 11.5 Å². The van der Waals surface area contributed by atoms with Crippen LogP contribution in [-0.4, -0.2) is 19.5 Å². The topological polar surface area (TPSA) is 57.5 Å². The van der Waals surface area contributed by atoms with E-state index in [1.807, 2.05) is 30.3 Å². The molecule has 0 saturated carbocycles. The largest absolute Gasteiger partial charge is 0.497 e. The van der Waals surface area contributed by atoms with Gasteiger partial charge in [-0.05, 0) is 76.9 Å². The minimum absolute atomic E-state index is 0.217. The average Bonchev–Trinajstić information content (AvgIpc) is 3.26. The van der Waals surface area contributed by atoms with Crippen molar-refractivity contribution in [2.75, 3.05) is 7.11 Å². The van der Waals surface area contributed by atoms with Crippen LogP contribution in [0.3, 0.4) is 0 Å². The lowest BCUT2D eigenvalue weighted by Gasteiger charge is -2.10. The SMILES string of the molecule is CCCc1cn(S(=O)(=O)c2ccc(OC)cc2)c2ccc(OCc3ccc4ccccc4c3)cc12. The second kappa shape index (κ2) is 9.47. The molecule has 0 fully saturated rings. The first-order valence-corrected chi connectivity index (χ1v) is 13.1. The molecule has 0 aliphatic carbocycles. The van der Waals surface area contributed by atoms with Crippen LogP contribution in [0, 0.1) is 0 Å². The van der Waals surface area contributed by atoms with Crippen LogP contribution in [0.15, 0.2) is 96.0 Å². The van der Waals surface area contributed by atoms with Crippen molar-refractivity contribution in [1.29, 1.82) is 0 Å². The Morgan fingerprint density at radius 3 is 2.31 bits per heavy atom. The van der Waals surface area contributed by atoms with Gasteiger partial charge in [0.1, 0.15) is 18.1 Å². The van der Waals surface area contributed by atoms with Crippen LogP contribution in [0.2, 0.25) is 0 Å². The van der Waals surface area contributed by atoms with Crippen LogP contribution >= 0.6 is 0 Å². The quantitative estimate of drug-likeness (QED) is 0.249. The Morgan fingerprint density at radius 2 is 1.57 bits per heavy atom. The Bertz CT molecular complexity index is 1600. The summed E-state index contributed by atoms with van der Waals surface area (Å²) in [6.07, 6.45) is 3.42. The van der Waals surface area contributed by atoms with Crippen LogP contribution < -0.4 is 9.47 Å². The third kappa shape index (κ3) is 4.49. The van der Waals surface area contributed by atoms with E-state index < -0.39 is 10.0 Å².